The van der Waals surface area contributed by atoms with E-state index in [0.717, 1.165) is 48.4 Å². The second kappa shape index (κ2) is 9.22. The highest BCUT2D eigenvalue weighted by molar-refractivity contribution is 7.12. The van der Waals surface area contributed by atoms with Crippen molar-refractivity contribution in [2.45, 2.75) is 39.2 Å². The first-order valence-electron chi connectivity index (χ1n) is 10.8. The number of benzene rings is 1. The summed E-state index contributed by atoms with van der Waals surface area (Å²) in [7, 11) is 0. The molecule has 2 aromatic heterocycles. The van der Waals surface area contributed by atoms with Gasteiger partial charge in [-0.05, 0) is 85.9 Å². The predicted octanol–water partition coefficient (Wildman–Crippen LogP) is 6.01. The van der Waals surface area contributed by atoms with E-state index >= 15 is 0 Å². The van der Waals surface area contributed by atoms with Crippen molar-refractivity contribution >= 4 is 40.4 Å². The summed E-state index contributed by atoms with van der Waals surface area (Å²) in [6.45, 7) is 7.54. The molecule has 3 heterocycles. The number of thiophene rings is 1. The Labute approximate surface area is 198 Å². The molecule has 1 aliphatic rings. The monoisotopic (exact) mass is 469 g/mol. The van der Waals surface area contributed by atoms with Crippen molar-refractivity contribution in [2.24, 2.45) is 5.92 Å². The molecule has 0 atom stereocenters. The van der Waals surface area contributed by atoms with Crippen LogP contribution in [0.25, 0.3) is 11.1 Å². The summed E-state index contributed by atoms with van der Waals surface area (Å²) in [5.74, 6) is 1.11. The number of aryl methyl sites for hydroxylation is 1. The van der Waals surface area contributed by atoms with Gasteiger partial charge in [0.1, 0.15) is 5.82 Å². The van der Waals surface area contributed by atoms with Gasteiger partial charge in [0.25, 0.3) is 5.91 Å². The third-order valence-electron chi connectivity index (χ3n) is 6.10. The normalized spacial score (nSPS) is 15.1. The topological polar surface area (TPSA) is 65.5 Å². The van der Waals surface area contributed by atoms with Crippen LogP contribution in [0.5, 0.6) is 0 Å². The quantitative estimate of drug-likeness (QED) is 0.480. The molecule has 0 spiro atoms. The van der Waals surface area contributed by atoms with Gasteiger partial charge in [-0.1, -0.05) is 23.7 Å². The molecular weight excluding hydrogens is 442 g/mol. The predicted molar refractivity (Wildman–Crippen MR) is 133 cm³/mol. The van der Waals surface area contributed by atoms with E-state index < -0.39 is 5.60 Å². The number of halogens is 1. The molecule has 0 aliphatic carbocycles. The Hall–Kier alpha value is -2.41. The van der Waals surface area contributed by atoms with Crippen LogP contribution in [0.2, 0.25) is 5.02 Å². The first-order valence-corrected chi connectivity index (χ1v) is 12.1. The number of amides is 1. The lowest BCUT2D eigenvalue weighted by Gasteiger charge is -2.38. The molecule has 1 fully saturated rings. The van der Waals surface area contributed by atoms with Crippen LogP contribution in [0.1, 0.15) is 41.9 Å². The van der Waals surface area contributed by atoms with E-state index in [1.807, 2.05) is 62.5 Å². The van der Waals surface area contributed by atoms with Gasteiger partial charge in [-0.15, -0.1) is 11.3 Å². The van der Waals surface area contributed by atoms with Gasteiger partial charge < -0.3 is 15.3 Å². The minimum atomic E-state index is -0.641. The molecule has 2 N–H and O–H groups in total. The second-order valence-corrected chi connectivity index (χ2v) is 10.3. The highest BCUT2D eigenvalue weighted by Gasteiger charge is 2.31. The maximum absolute atomic E-state index is 12.8. The van der Waals surface area contributed by atoms with Crippen molar-refractivity contribution in [3.05, 3.63) is 63.4 Å². The SMILES string of the molecule is Cc1cc(NC(=O)c2cc(-c3ccc(Cl)cc3)cs2)cnc1N1CCC(C(C)(C)O)CC1. The zero-order valence-electron chi connectivity index (χ0n) is 18.6. The number of hydrogen-bond donors (Lipinski definition) is 2. The van der Waals surface area contributed by atoms with Crippen molar-refractivity contribution in [2.75, 3.05) is 23.3 Å². The zero-order chi connectivity index (χ0) is 22.9. The van der Waals surface area contributed by atoms with E-state index in [4.69, 9.17) is 11.6 Å². The summed E-state index contributed by atoms with van der Waals surface area (Å²) < 4.78 is 0. The van der Waals surface area contributed by atoms with Crippen molar-refractivity contribution < 1.29 is 9.90 Å². The van der Waals surface area contributed by atoms with Crippen molar-refractivity contribution in [1.82, 2.24) is 4.98 Å². The standard InChI is InChI=1S/C25H28ClN3O2S/c1-16-12-21(14-27-23(16)29-10-8-19(9-11-29)25(2,3)31)28-24(30)22-13-18(15-32-22)17-4-6-20(26)7-5-17/h4-7,12-15,19,31H,8-11H2,1-3H3,(H,28,30). The fourth-order valence-electron chi connectivity index (χ4n) is 4.21. The van der Waals surface area contributed by atoms with Crippen LogP contribution in [0, 0.1) is 12.8 Å². The summed E-state index contributed by atoms with van der Waals surface area (Å²) in [6.07, 6.45) is 3.60. The molecule has 32 heavy (non-hydrogen) atoms. The third-order valence-corrected chi connectivity index (χ3v) is 7.28. The molecule has 5 nitrogen and oxygen atoms in total. The van der Waals surface area contributed by atoms with Crippen LogP contribution in [0.3, 0.4) is 0 Å². The summed E-state index contributed by atoms with van der Waals surface area (Å²) in [5.41, 5.74) is 3.09. The number of anilines is 2. The number of hydrogen-bond acceptors (Lipinski definition) is 5. The molecular formula is C25H28ClN3O2S. The summed E-state index contributed by atoms with van der Waals surface area (Å²) in [4.78, 5) is 20.3. The maximum Gasteiger partial charge on any atom is 0.265 e. The Morgan fingerprint density at radius 2 is 1.88 bits per heavy atom. The Bertz CT molecular complexity index is 1100. The number of carbonyl (C=O) groups is 1. The van der Waals surface area contributed by atoms with Crippen LogP contribution in [-0.4, -0.2) is 34.7 Å². The second-order valence-electron chi connectivity index (χ2n) is 8.94. The number of nitrogens with zero attached hydrogens (tertiary/aromatic N) is 2. The van der Waals surface area contributed by atoms with E-state index in [9.17, 15) is 9.90 Å². The van der Waals surface area contributed by atoms with E-state index in [1.54, 1.807) is 6.20 Å². The van der Waals surface area contributed by atoms with Crippen LogP contribution in [-0.2, 0) is 0 Å². The van der Waals surface area contributed by atoms with Gasteiger partial charge in [-0.2, -0.15) is 0 Å². The summed E-state index contributed by atoms with van der Waals surface area (Å²) in [5, 5.41) is 15.9. The lowest BCUT2D eigenvalue weighted by atomic mass is 9.83. The number of nitrogens with one attached hydrogen (secondary N) is 1. The van der Waals surface area contributed by atoms with Gasteiger partial charge in [0, 0.05) is 18.1 Å². The lowest BCUT2D eigenvalue weighted by Crippen LogP contribution is -2.42. The number of piperidine rings is 1. The van der Waals surface area contributed by atoms with E-state index in [1.165, 1.54) is 11.3 Å². The van der Waals surface area contributed by atoms with Crippen LogP contribution in [0.15, 0.2) is 48.0 Å². The number of pyridine rings is 1. The van der Waals surface area contributed by atoms with Crippen molar-refractivity contribution in [3.63, 3.8) is 0 Å². The van der Waals surface area contributed by atoms with E-state index in [0.29, 0.717) is 21.5 Å². The fraction of sp³-hybridized carbons (Fsp3) is 0.360. The average Bonchev–Trinajstić information content (AvgIpc) is 3.24. The Kier molecular flexibility index (Phi) is 6.56. The molecule has 0 bridgehead atoms. The molecule has 0 saturated carbocycles. The van der Waals surface area contributed by atoms with Crippen molar-refractivity contribution in [3.8, 4) is 11.1 Å². The van der Waals surface area contributed by atoms with Crippen molar-refractivity contribution in [1.29, 1.82) is 0 Å². The molecule has 1 aliphatic heterocycles. The Balaban J connectivity index is 1.41. The molecule has 7 heteroatoms. The smallest absolute Gasteiger partial charge is 0.265 e. The van der Waals surface area contributed by atoms with Gasteiger partial charge in [0.05, 0.1) is 22.4 Å². The largest absolute Gasteiger partial charge is 0.390 e. The van der Waals surface area contributed by atoms with Crippen LogP contribution >= 0.6 is 22.9 Å². The first kappa shape index (κ1) is 22.8. The molecule has 0 unspecified atom stereocenters. The van der Waals surface area contributed by atoms with Gasteiger partial charge >= 0.3 is 0 Å². The number of aromatic nitrogens is 1. The highest BCUT2D eigenvalue weighted by Crippen LogP contribution is 2.32. The molecule has 1 saturated heterocycles. The minimum Gasteiger partial charge on any atom is -0.390 e. The number of aliphatic hydroxyl groups is 1. The fourth-order valence-corrected chi connectivity index (χ4v) is 5.14. The minimum absolute atomic E-state index is 0.143. The van der Waals surface area contributed by atoms with E-state index in [-0.39, 0.29) is 5.91 Å². The van der Waals surface area contributed by atoms with Crippen LogP contribution in [0.4, 0.5) is 11.5 Å². The molecule has 4 rings (SSSR count). The Morgan fingerprint density at radius 3 is 2.50 bits per heavy atom. The molecule has 168 valence electrons. The molecule has 3 aromatic rings. The zero-order valence-corrected chi connectivity index (χ0v) is 20.1. The average molecular weight is 470 g/mol. The summed E-state index contributed by atoms with van der Waals surface area (Å²) in [6, 6.07) is 11.4. The highest BCUT2D eigenvalue weighted by atomic mass is 35.5. The Morgan fingerprint density at radius 1 is 1.19 bits per heavy atom. The first-order chi connectivity index (χ1) is 15.2. The lowest BCUT2D eigenvalue weighted by molar-refractivity contribution is 0.00645. The molecule has 1 amide bonds. The summed E-state index contributed by atoms with van der Waals surface area (Å²) >= 11 is 7.38. The van der Waals surface area contributed by atoms with E-state index in [2.05, 4.69) is 15.2 Å². The van der Waals surface area contributed by atoms with Gasteiger partial charge in [0.15, 0.2) is 0 Å². The molecule has 1 aromatic carbocycles. The number of carbonyl (C=O) groups excluding carboxylic acids is 1. The van der Waals surface area contributed by atoms with Gasteiger partial charge in [0.2, 0.25) is 0 Å². The molecule has 0 radical (unpaired) electrons. The number of rotatable bonds is 5. The third kappa shape index (κ3) is 5.14. The van der Waals surface area contributed by atoms with Gasteiger partial charge in [-0.3, -0.25) is 4.79 Å². The van der Waals surface area contributed by atoms with Crippen LogP contribution < -0.4 is 10.2 Å². The van der Waals surface area contributed by atoms with Gasteiger partial charge in [-0.25, -0.2) is 4.98 Å². The maximum atomic E-state index is 12.8.